The monoisotopic (exact) mass is 488 g/mol. The Morgan fingerprint density at radius 3 is 2.36 bits per heavy atom. The summed E-state index contributed by atoms with van der Waals surface area (Å²) in [5.41, 5.74) is 0.474. The summed E-state index contributed by atoms with van der Waals surface area (Å²) in [6.45, 7) is 6.73. The number of rotatable bonds is 11. The number of aryl methyl sites for hydroxylation is 1. The minimum atomic E-state index is -1.09. The van der Waals surface area contributed by atoms with Crippen LogP contribution in [0, 0.1) is 0 Å². The van der Waals surface area contributed by atoms with Crippen LogP contribution in [0.5, 0.6) is 11.6 Å². The van der Waals surface area contributed by atoms with E-state index in [1.165, 1.54) is 11.1 Å². The molecular weight excluding hydrogens is 460 g/mol. The molecule has 4 aromatic rings. The number of anilines is 1. The molecule has 36 heavy (non-hydrogen) atoms. The molecule has 0 saturated carbocycles. The number of hydrazine groups is 1. The maximum atomic E-state index is 12.3. The molecular formula is C27H28N4O5. The average molecular weight is 489 g/mol. The van der Waals surface area contributed by atoms with E-state index in [1.54, 1.807) is 41.7 Å². The van der Waals surface area contributed by atoms with Gasteiger partial charge in [0.1, 0.15) is 17.5 Å². The summed E-state index contributed by atoms with van der Waals surface area (Å²) in [5, 5.41) is 15.0. The van der Waals surface area contributed by atoms with Gasteiger partial charge in [-0.25, -0.2) is 14.8 Å². The van der Waals surface area contributed by atoms with Crippen molar-refractivity contribution in [3.05, 3.63) is 86.6 Å². The van der Waals surface area contributed by atoms with Gasteiger partial charge in [-0.05, 0) is 41.6 Å². The van der Waals surface area contributed by atoms with Crippen LogP contribution in [0.1, 0.15) is 32.0 Å². The average Bonchev–Trinajstić information content (AvgIpc) is 2.90. The van der Waals surface area contributed by atoms with Gasteiger partial charge in [0.05, 0.1) is 5.39 Å². The molecule has 0 saturated heterocycles. The van der Waals surface area contributed by atoms with Crippen LogP contribution in [-0.2, 0) is 17.6 Å². The first-order valence-corrected chi connectivity index (χ1v) is 11.9. The zero-order valence-corrected chi connectivity index (χ0v) is 20.5. The third-order valence-corrected chi connectivity index (χ3v) is 6.17. The number of aromatic nitrogens is 2. The highest BCUT2D eigenvalue weighted by Gasteiger charge is 2.33. The number of carboxylic acid groups (broad SMARTS) is 1. The first-order chi connectivity index (χ1) is 17.4. The number of fused-ring (bicyclic) bond motifs is 1. The van der Waals surface area contributed by atoms with Crippen molar-refractivity contribution in [1.82, 2.24) is 15.0 Å². The summed E-state index contributed by atoms with van der Waals surface area (Å²) >= 11 is 0. The number of hydrogen-bond donors (Lipinski definition) is 1. The lowest BCUT2D eigenvalue weighted by atomic mass is 10.0. The highest BCUT2D eigenvalue weighted by Crippen LogP contribution is 2.29. The quantitative estimate of drug-likeness (QED) is 0.251. The number of benzene rings is 1. The van der Waals surface area contributed by atoms with Gasteiger partial charge < -0.3 is 9.84 Å². The molecule has 0 aliphatic rings. The fraction of sp³-hybridized carbons (Fsp3) is 0.296. The van der Waals surface area contributed by atoms with Crippen LogP contribution >= 0.6 is 0 Å². The van der Waals surface area contributed by atoms with Crippen molar-refractivity contribution in [3.8, 4) is 11.6 Å². The van der Waals surface area contributed by atoms with Gasteiger partial charge in [0.2, 0.25) is 16.7 Å². The fourth-order valence-electron chi connectivity index (χ4n) is 4.20. The number of hydrogen-bond acceptors (Lipinski definition) is 8. The first-order valence-electron chi connectivity index (χ1n) is 11.9. The third kappa shape index (κ3) is 4.96. The van der Waals surface area contributed by atoms with Crippen LogP contribution in [-0.4, -0.2) is 45.2 Å². The minimum absolute atomic E-state index is 0.110. The van der Waals surface area contributed by atoms with E-state index in [0.717, 1.165) is 28.5 Å². The Morgan fingerprint density at radius 1 is 1.06 bits per heavy atom. The predicted octanol–water partition coefficient (Wildman–Crippen LogP) is 3.34. The third-order valence-electron chi connectivity index (χ3n) is 6.17. The summed E-state index contributed by atoms with van der Waals surface area (Å²) in [6, 6.07) is 11.2. The molecule has 1 unspecified atom stereocenters. The number of ether oxygens (including phenoxy) is 1. The van der Waals surface area contributed by atoms with Crippen LogP contribution in [0.25, 0.3) is 10.8 Å². The molecule has 0 bridgehead atoms. The topological polar surface area (TPSA) is 113 Å². The molecule has 186 valence electrons. The maximum absolute atomic E-state index is 12.3. The number of carboxylic acids is 1. The summed E-state index contributed by atoms with van der Waals surface area (Å²) in [6.07, 6.45) is 4.33. The molecule has 0 amide bonds. The van der Waals surface area contributed by atoms with Gasteiger partial charge in [-0.3, -0.25) is 19.6 Å². The second kappa shape index (κ2) is 10.7. The van der Waals surface area contributed by atoms with Crippen LogP contribution in [0.4, 0.5) is 5.69 Å². The van der Waals surface area contributed by atoms with E-state index in [1.807, 2.05) is 32.9 Å². The molecule has 0 radical (unpaired) electrons. The molecule has 2 aromatic heterocycles. The Kier molecular flexibility index (Phi) is 7.40. The standard InChI is InChI=1S/C27H28N4O5/c1-4-19-14-18-11-12-28-16-21(18)26(29-19)36-20-9-7-17(8-10-20)13-23(27(34)35)31(30(5-2)6-3)22-15-24(32)25(22)33/h7-12,14-16,23H,4-6,13H2,1-3H3,(H,34,35). The SMILES string of the molecule is CCc1cc2ccncc2c(Oc2ccc(CC(C(=O)O)N(c3cc(=O)c3=O)N(CC)CC)cc2)n1. The second-order valence-corrected chi connectivity index (χ2v) is 8.38. The van der Waals surface area contributed by atoms with Crippen molar-refractivity contribution >= 4 is 22.4 Å². The van der Waals surface area contributed by atoms with Gasteiger partial charge in [-0.1, -0.05) is 32.9 Å². The van der Waals surface area contributed by atoms with Gasteiger partial charge in [0.25, 0.3) is 0 Å². The molecule has 9 nitrogen and oxygen atoms in total. The normalized spacial score (nSPS) is 12.2. The highest BCUT2D eigenvalue weighted by molar-refractivity contribution is 5.86. The van der Waals surface area contributed by atoms with Gasteiger partial charge in [-0.15, -0.1) is 0 Å². The molecule has 2 heterocycles. The van der Waals surface area contributed by atoms with E-state index >= 15 is 0 Å². The van der Waals surface area contributed by atoms with E-state index in [2.05, 4.69) is 9.97 Å². The Balaban J connectivity index is 1.59. The van der Waals surface area contributed by atoms with E-state index in [9.17, 15) is 19.5 Å². The lowest BCUT2D eigenvalue weighted by Crippen LogP contribution is -2.57. The highest BCUT2D eigenvalue weighted by atomic mass is 16.5. The van der Waals surface area contributed by atoms with E-state index in [0.29, 0.717) is 24.7 Å². The number of pyridine rings is 2. The van der Waals surface area contributed by atoms with E-state index in [4.69, 9.17) is 4.74 Å². The summed E-state index contributed by atoms with van der Waals surface area (Å²) in [7, 11) is 0. The van der Waals surface area contributed by atoms with Crippen LogP contribution < -0.4 is 20.6 Å². The Morgan fingerprint density at radius 2 is 1.78 bits per heavy atom. The lowest BCUT2D eigenvalue weighted by molar-refractivity contribution is -0.139. The van der Waals surface area contributed by atoms with Gasteiger partial charge in [0, 0.05) is 43.7 Å². The van der Waals surface area contributed by atoms with Crippen molar-refractivity contribution in [2.45, 2.75) is 39.7 Å². The Bertz CT molecular complexity index is 1440. The Labute approximate surface area is 208 Å². The molecule has 9 heteroatoms. The lowest BCUT2D eigenvalue weighted by Gasteiger charge is -2.39. The molecule has 4 rings (SSSR count). The first kappa shape index (κ1) is 25.0. The molecule has 1 N–H and O–H groups in total. The molecule has 0 fully saturated rings. The smallest absolute Gasteiger partial charge is 0.328 e. The van der Waals surface area contributed by atoms with Gasteiger partial charge in [0.15, 0.2) is 0 Å². The zero-order chi connectivity index (χ0) is 25.8. The van der Waals surface area contributed by atoms with Gasteiger partial charge >= 0.3 is 5.97 Å². The van der Waals surface area contributed by atoms with Crippen molar-refractivity contribution in [3.63, 3.8) is 0 Å². The van der Waals surface area contributed by atoms with Crippen molar-refractivity contribution < 1.29 is 14.6 Å². The predicted molar refractivity (Wildman–Crippen MR) is 137 cm³/mol. The van der Waals surface area contributed by atoms with Crippen LogP contribution in [0.3, 0.4) is 0 Å². The second-order valence-electron chi connectivity index (χ2n) is 8.38. The summed E-state index contributed by atoms with van der Waals surface area (Å²) in [5.74, 6) is -0.0733. The molecule has 1 atom stereocenters. The largest absolute Gasteiger partial charge is 0.480 e. The van der Waals surface area contributed by atoms with Crippen LogP contribution in [0.15, 0.2) is 64.4 Å². The number of nitrogens with zero attached hydrogens (tertiary/aromatic N) is 4. The maximum Gasteiger partial charge on any atom is 0.328 e. The van der Waals surface area contributed by atoms with Crippen molar-refractivity contribution in [1.29, 1.82) is 0 Å². The Hall–Kier alpha value is -4.11. The van der Waals surface area contributed by atoms with Crippen molar-refractivity contribution in [2.24, 2.45) is 0 Å². The number of aliphatic carboxylic acids is 1. The molecule has 0 spiro atoms. The summed E-state index contributed by atoms with van der Waals surface area (Å²) < 4.78 is 6.08. The fourth-order valence-corrected chi connectivity index (χ4v) is 4.20. The number of carbonyl (C=O) groups is 1. The van der Waals surface area contributed by atoms with E-state index in [-0.39, 0.29) is 12.1 Å². The van der Waals surface area contributed by atoms with Crippen molar-refractivity contribution in [2.75, 3.05) is 18.1 Å². The van der Waals surface area contributed by atoms with E-state index < -0.39 is 22.9 Å². The van der Waals surface area contributed by atoms with Crippen LogP contribution in [0.2, 0.25) is 0 Å². The zero-order valence-electron chi connectivity index (χ0n) is 20.5. The summed E-state index contributed by atoms with van der Waals surface area (Å²) in [4.78, 5) is 44.8. The minimum Gasteiger partial charge on any atom is -0.480 e. The molecule has 2 aromatic carbocycles. The van der Waals surface area contributed by atoms with Gasteiger partial charge in [-0.2, -0.15) is 0 Å². The molecule has 0 aliphatic carbocycles. The molecule has 0 aliphatic heterocycles.